The Morgan fingerprint density at radius 1 is 1.59 bits per heavy atom. The molecule has 1 aliphatic heterocycles. The Balaban J connectivity index is 2.33. The minimum absolute atomic E-state index is 0.329. The monoisotopic (exact) mass is 268 g/mol. The molecule has 1 aromatic heterocycles. The standard InChI is InChI=1S/C11H16N4S2/c1-7-5-9(10(12)16)14-11(13-7)15-3-4-17-6-8(15)2/h5,8H,3-4,6H2,1-2H3,(H2,12,16). The second-order valence-electron chi connectivity index (χ2n) is 4.18. The predicted octanol–water partition coefficient (Wildman–Crippen LogP) is 1.36. The lowest BCUT2D eigenvalue weighted by Crippen LogP contribution is -2.41. The molecule has 0 spiro atoms. The van der Waals surface area contributed by atoms with E-state index in [2.05, 4.69) is 21.8 Å². The van der Waals surface area contributed by atoms with Gasteiger partial charge >= 0.3 is 0 Å². The highest BCUT2D eigenvalue weighted by atomic mass is 32.2. The Bertz CT molecular complexity index is 435. The number of aromatic nitrogens is 2. The predicted molar refractivity (Wildman–Crippen MR) is 76.8 cm³/mol. The van der Waals surface area contributed by atoms with Crippen LogP contribution in [0, 0.1) is 6.92 Å². The second-order valence-corrected chi connectivity index (χ2v) is 5.77. The van der Waals surface area contributed by atoms with E-state index in [-0.39, 0.29) is 0 Å². The number of nitrogens with zero attached hydrogens (tertiary/aromatic N) is 3. The third kappa shape index (κ3) is 2.87. The van der Waals surface area contributed by atoms with Gasteiger partial charge < -0.3 is 10.6 Å². The first kappa shape index (κ1) is 12.6. The molecule has 2 rings (SSSR count). The summed E-state index contributed by atoms with van der Waals surface area (Å²) in [5.41, 5.74) is 7.20. The van der Waals surface area contributed by atoms with Crippen LogP contribution in [0.3, 0.4) is 0 Å². The minimum atomic E-state index is 0.329. The van der Waals surface area contributed by atoms with E-state index in [4.69, 9.17) is 18.0 Å². The van der Waals surface area contributed by atoms with Crippen molar-refractivity contribution in [3.63, 3.8) is 0 Å². The number of hydrogen-bond donors (Lipinski definition) is 1. The van der Waals surface area contributed by atoms with Crippen LogP contribution < -0.4 is 10.6 Å². The first-order valence-corrected chi connectivity index (χ1v) is 7.14. The molecular formula is C11H16N4S2. The van der Waals surface area contributed by atoms with Gasteiger partial charge in [0.15, 0.2) is 0 Å². The van der Waals surface area contributed by atoms with Gasteiger partial charge in [-0.3, -0.25) is 0 Å². The van der Waals surface area contributed by atoms with Crippen molar-refractivity contribution < 1.29 is 0 Å². The summed E-state index contributed by atoms with van der Waals surface area (Å²) in [5.74, 6) is 2.98. The van der Waals surface area contributed by atoms with E-state index in [1.807, 2.05) is 24.8 Å². The molecule has 1 aliphatic rings. The van der Waals surface area contributed by atoms with Crippen molar-refractivity contribution in [2.24, 2.45) is 5.73 Å². The Morgan fingerprint density at radius 2 is 2.35 bits per heavy atom. The molecule has 2 heterocycles. The lowest BCUT2D eigenvalue weighted by molar-refractivity contribution is 0.675. The molecule has 92 valence electrons. The Hall–Kier alpha value is -0.880. The first-order chi connectivity index (χ1) is 8.08. The molecule has 4 nitrogen and oxygen atoms in total. The largest absolute Gasteiger partial charge is 0.388 e. The second kappa shape index (κ2) is 5.18. The van der Waals surface area contributed by atoms with E-state index in [0.717, 1.165) is 29.7 Å². The molecule has 0 bridgehead atoms. The smallest absolute Gasteiger partial charge is 0.226 e. The lowest BCUT2D eigenvalue weighted by atomic mass is 10.3. The number of rotatable bonds is 2. The van der Waals surface area contributed by atoms with Gasteiger partial charge in [0.1, 0.15) is 10.7 Å². The van der Waals surface area contributed by atoms with Crippen LogP contribution in [0.15, 0.2) is 6.07 Å². The highest BCUT2D eigenvalue weighted by molar-refractivity contribution is 7.99. The Labute approximate surface area is 111 Å². The summed E-state index contributed by atoms with van der Waals surface area (Å²) in [5, 5.41) is 0. The van der Waals surface area contributed by atoms with Gasteiger partial charge in [0.2, 0.25) is 5.95 Å². The van der Waals surface area contributed by atoms with Crippen molar-refractivity contribution >= 4 is 34.9 Å². The zero-order chi connectivity index (χ0) is 12.4. The first-order valence-electron chi connectivity index (χ1n) is 5.58. The third-order valence-electron chi connectivity index (χ3n) is 2.72. The maximum absolute atomic E-state index is 5.63. The molecule has 0 aliphatic carbocycles. The van der Waals surface area contributed by atoms with Crippen LogP contribution in [0.4, 0.5) is 5.95 Å². The zero-order valence-electron chi connectivity index (χ0n) is 10.0. The van der Waals surface area contributed by atoms with Gasteiger partial charge in [0.25, 0.3) is 0 Å². The number of thioether (sulfide) groups is 1. The van der Waals surface area contributed by atoms with E-state index < -0.39 is 0 Å². The molecule has 0 amide bonds. The lowest BCUT2D eigenvalue weighted by Gasteiger charge is -2.33. The molecule has 17 heavy (non-hydrogen) atoms. The van der Waals surface area contributed by atoms with Gasteiger partial charge in [-0.05, 0) is 19.9 Å². The molecule has 0 saturated carbocycles. The number of anilines is 1. The summed E-state index contributed by atoms with van der Waals surface area (Å²) in [6, 6.07) is 2.28. The van der Waals surface area contributed by atoms with Crippen LogP contribution >= 0.6 is 24.0 Å². The van der Waals surface area contributed by atoms with Gasteiger partial charge in [0.05, 0.1) is 0 Å². The van der Waals surface area contributed by atoms with E-state index in [1.54, 1.807) is 0 Å². The topological polar surface area (TPSA) is 55.0 Å². The van der Waals surface area contributed by atoms with Crippen molar-refractivity contribution in [2.75, 3.05) is 23.0 Å². The van der Waals surface area contributed by atoms with Crippen LogP contribution in [-0.4, -0.2) is 39.0 Å². The summed E-state index contributed by atoms with van der Waals surface area (Å²) in [7, 11) is 0. The Morgan fingerprint density at radius 3 is 3.00 bits per heavy atom. The normalized spacial score (nSPS) is 20.4. The van der Waals surface area contributed by atoms with Crippen LogP contribution in [-0.2, 0) is 0 Å². The van der Waals surface area contributed by atoms with Crippen LogP contribution in [0.5, 0.6) is 0 Å². The highest BCUT2D eigenvalue weighted by Crippen LogP contribution is 2.21. The number of aryl methyl sites for hydroxylation is 1. The van der Waals surface area contributed by atoms with E-state index >= 15 is 0 Å². The zero-order valence-corrected chi connectivity index (χ0v) is 11.6. The van der Waals surface area contributed by atoms with Gasteiger partial charge in [0, 0.05) is 29.8 Å². The molecule has 1 saturated heterocycles. The van der Waals surface area contributed by atoms with E-state index in [1.165, 1.54) is 0 Å². The quantitative estimate of drug-likeness (QED) is 0.817. The van der Waals surface area contributed by atoms with E-state index in [9.17, 15) is 0 Å². The Kier molecular flexibility index (Phi) is 3.83. The average molecular weight is 268 g/mol. The fourth-order valence-corrected chi connectivity index (χ4v) is 2.95. The number of nitrogens with two attached hydrogens (primary N) is 1. The number of thiocarbonyl (C=S) groups is 1. The molecule has 1 aromatic rings. The third-order valence-corrected chi connectivity index (χ3v) is 4.12. The van der Waals surface area contributed by atoms with Gasteiger partial charge in [-0.25, -0.2) is 9.97 Å². The van der Waals surface area contributed by atoms with Crippen LogP contribution in [0.1, 0.15) is 18.3 Å². The van der Waals surface area contributed by atoms with Crippen molar-refractivity contribution in [3.8, 4) is 0 Å². The highest BCUT2D eigenvalue weighted by Gasteiger charge is 2.21. The van der Waals surface area contributed by atoms with E-state index in [0.29, 0.717) is 16.7 Å². The SMILES string of the molecule is Cc1cc(C(N)=S)nc(N2CCSCC2C)n1. The maximum atomic E-state index is 5.63. The van der Waals surface area contributed by atoms with Crippen molar-refractivity contribution in [1.29, 1.82) is 0 Å². The summed E-state index contributed by atoms with van der Waals surface area (Å²) in [4.78, 5) is 11.5. The maximum Gasteiger partial charge on any atom is 0.226 e. The fraction of sp³-hybridized carbons (Fsp3) is 0.545. The van der Waals surface area contributed by atoms with Gasteiger partial charge in [-0.1, -0.05) is 12.2 Å². The molecule has 1 unspecified atom stereocenters. The summed E-state index contributed by atoms with van der Waals surface area (Å²) >= 11 is 6.95. The van der Waals surface area contributed by atoms with Crippen molar-refractivity contribution in [3.05, 3.63) is 17.5 Å². The van der Waals surface area contributed by atoms with Gasteiger partial charge in [-0.2, -0.15) is 11.8 Å². The number of hydrogen-bond acceptors (Lipinski definition) is 5. The molecule has 0 radical (unpaired) electrons. The molecule has 0 aromatic carbocycles. The van der Waals surface area contributed by atoms with Crippen LogP contribution in [0.25, 0.3) is 0 Å². The minimum Gasteiger partial charge on any atom is -0.388 e. The molecule has 1 fully saturated rings. The molecular weight excluding hydrogens is 252 g/mol. The van der Waals surface area contributed by atoms with Crippen molar-refractivity contribution in [2.45, 2.75) is 19.9 Å². The molecule has 1 atom stereocenters. The molecule has 2 N–H and O–H groups in total. The summed E-state index contributed by atoms with van der Waals surface area (Å²) < 4.78 is 0. The van der Waals surface area contributed by atoms with Crippen LogP contribution in [0.2, 0.25) is 0 Å². The molecule has 6 heteroatoms. The van der Waals surface area contributed by atoms with Gasteiger partial charge in [-0.15, -0.1) is 0 Å². The summed E-state index contributed by atoms with van der Waals surface area (Å²) in [6.45, 7) is 5.11. The fourth-order valence-electron chi connectivity index (χ4n) is 1.83. The summed E-state index contributed by atoms with van der Waals surface area (Å²) in [6.07, 6.45) is 0. The average Bonchev–Trinajstić information content (AvgIpc) is 2.28. The van der Waals surface area contributed by atoms with Crippen molar-refractivity contribution in [1.82, 2.24) is 9.97 Å².